The van der Waals surface area contributed by atoms with Gasteiger partial charge < -0.3 is 9.73 Å². The summed E-state index contributed by atoms with van der Waals surface area (Å²) in [5.74, 6) is -0.158. The molecular formula is C19H21N3O4S. The van der Waals surface area contributed by atoms with E-state index in [2.05, 4.69) is 15.0 Å². The van der Waals surface area contributed by atoms with E-state index >= 15 is 0 Å². The van der Waals surface area contributed by atoms with Crippen LogP contribution in [0.5, 0.6) is 0 Å². The van der Waals surface area contributed by atoms with E-state index in [1.807, 2.05) is 0 Å². The van der Waals surface area contributed by atoms with Crippen molar-refractivity contribution in [3.8, 4) is 0 Å². The van der Waals surface area contributed by atoms with Gasteiger partial charge in [-0.05, 0) is 36.2 Å². The van der Waals surface area contributed by atoms with Gasteiger partial charge in [-0.3, -0.25) is 4.79 Å². The van der Waals surface area contributed by atoms with Gasteiger partial charge in [0.2, 0.25) is 15.9 Å². The summed E-state index contributed by atoms with van der Waals surface area (Å²) < 4.78 is 33.0. The number of sulfonamides is 1. The highest BCUT2D eigenvalue weighted by molar-refractivity contribution is 7.89. The van der Waals surface area contributed by atoms with Crippen LogP contribution >= 0.6 is 0 Å². The molecule has 0 aliphatic heterocycles. The van der Waals surface area contributed by atoms with Crippen molar-refractivity contribution >= 4 is 32.7 Å². The van der Waals surface area contributed by atoms with E-state index < -0.39 is 22.0 Å². The fraction of sp³-hybridized carbons (Fsp3) is 0.263. The highest BCUT2D eigenvalue weighted by Crippen LogP contribution is 2.20. The van der Waals surface area contributed by atoms with Crippen LogP contribution in [0.3, 0.4) is 0 Å². The van der Waals surface area contributed by atoms with Crippen LogP contribution in [-0.2, 0) is 14.8 Å². The van der Waals surface area contributed by atoms with E-state index in [-0.39, 0.29) is 10.8 Å². The SMILES string of the molecule is Cc1nc2cc(NC(=O)[C@H](NS(=O)(=O)c3ccccc3)C(C)C)ccc2o1. The molecule has 0 aliphatic rings. The number of benzene rings is 2. The molecule has 1 amide bonds. The summed E-state index contributed by atoms with van der Waals surface area (Å²) in [4.78, 5) is 17.1. The Hall–Kier alpha value is -2.71. The first-order valence-corrected chi connectivity index (χ1v) is 10.00. The molecule has 0 spiro atoms. The molecule has 1 atom stereocenters. The molecule has 0 saturated heterocycles. The minimum Gasteiger partial charge on any atom is -0.441 e. The zero-order chi connectivity index (χ0) is 19.6. The monoisotopic (exact) mass is 387 g/mol. The van der Waals surface area contributed by atoms with Crippen molar-refractivity contribution in [1.29, 1.82) is 0 Å². The van der Waals surface area contributed by atoms with Crippen molar-refractivity contribution < 1.29 is 17.6 Å². The Kier molecular flexibility index (Phi) is 5.29. The maximum atomic E-state index is 12.7. The second kappa shape index (κ2) is 7.50. The molecule has 0 unspecified atom stereocenters. The molecule has 0 fully saturated rings. The van der Waals surface area contributed by atoms with Gasteiger partial charge in [0.15, 0.2) is 11.5 Å². The number of amides is 1. The van der Waals surface area contributed by atoms with Gasteiger partial charge in [0.05, 0.1) is 4.90 Å². The molecule has 2 aromatic carbocycles. The van der Waals surface area contributed by atoms with Gasteiger partial charge in [0, 0.05) is 12.6 Å². The van der Waals surface area contributed by atoms with Crippen LogP contribution in [0.4, 0.5) is 5.69 Å². The first-order valence-electron chi connectivity index (χ1n) is 8.52. The van der Waals surface area contributed by atoms with Gasteiger partial charge in [-0.2, -0.15) is 4.72 Å². The molecule has 2 N–H and O–H groups in total. The smallest absolute Gasteiger partial charge is 0.242 e. The van der Waals surface area contributed by atoms with E-state index in [0.29, 0.717) is 22.7 Å². The number of nitrogens with one attached hydrogen (secondary N) is 2. The number of hydrogen-bond acceptors (Lipinski definition) is 5. The van der Waals surface area contributed by atoms with Crippen molar-refractivity contribution in [2.75, 3.05) is 5.32 Å². The third-order valence-corrected chi connectivity index (χ3v) is 5.50. The molecule has 142 valence electrons. The highest BCUT2D eigenvalue weighted by Gasteiger charge is 2.28. The quantitative estimate of drug-likeness (QED) is 0.677. The zero-order valence-corrected chi connectivity index (χ0v) is 16.1. The van der Waals surface area contributed by atoms with Crippen molar-refractivity contribution in [1.82, 2.24) is 9.71 Å². The van der Waals surface area contributed by atoms with Gasteiger partial charge >= 0.3 is 0 Å². The van der Waals surface area contributed by atoms with Crippen LogP contribution in [0.2, 0.25) is 0 Å². The summed E-state index contributed by atoms with van der Waals surface area (Å²) in [6, 6.07) is 12.1. The Bertz CT molecular complexity index is 1060. The Labute approximate surface area is 157 Å². The molecule has 0 aliphatic carbocycles. The van der Waals surface area contributed by atoms with Gasteiger partial charge in [-0.15, -0.1) is 0 Å². The standard InChI is InChI=1S/C19H21N3O4S/c1-12(2)18(22-27(24,25)15-7-5-4-6-8-15)19(23)21-14-9-10-17-16(11-14)20-13(3)26-17/h4-12,18,22H,1-3H3,(H,21,23)/t18-/m1/s1. The number of carbonyl (C=O) groups is 1. The van der Waals surface area contributed by atoms with Crippen molar-refractivity contribution in [2.24, 2.45) is 5.92 Å². The van der Waals surface area contributed by atoms with E-state index in [1.54, 1.807) is 57.2 Å². The van der Waals surface area contributed by atoms with Gasteiger partial charge in [-0.25, -0.2) is 13.4 Å². The summed E-state index contributed by atoms with van der Waals surface area (Å²) in [6.45, 7) is 5.30. The second-order valence-electron chi connectivity index (χ2n) is 6.56. The molecule has 1 heterocycles. The third kappa shape index (κ3) is 4.35. The molecule has 27 heavy (non-hydrogen) atoms. The Morgan fingerprint density at radius 3 is 2.48 bits per heavy atom. The zero-order valence-electron chi connectivity index (χ0n) is 15.3. The third-order valence-electron chi connectivity index (χ3n) is 4.05. The lowest BCUT2D eigenvalue weighted by Gasteiger charge is -2.21. The number of rotatable bonds is 6. The van der Waals surface area contributed by atoms with Crippen LogP contribution < -0.4 is 10.0 Å². The number of nitrogens with zero attached hydrogens (tertiary/aromatic N) is 1. The highest BCUT2D eigenvalue weighted by atomic mass is 32.2. The van der Waals surface area contributed by atoms with Crippen LogP contribution in [0, 0.1) is 12.8 Å². The van der Waals surface area contributed by atoms with Gasteiger partial charge in [0.1, 0.15) is 11.6 Å². The maximum absolute atomic E-state index is 12.7. The first kappa shape index (κ1) is 19.1. The van der Waals surface area contributed by atoms with Crippen LogP contribution in [0.25, 0.3) is 11.1 Å². The molecule has 3 rings (SSSR count). The molecule has 0 radical (unpaired) electrons. The number of carbonyl (C=O) groups excluding carboxylic acids is 1. The van der Waals surface area contributed by atoms with E-state index in [9.17, 15) is 13.2 Å². The summed E-state index contributed by atoms with van der Waals surface area (Å²) in [7, 11) is -3.81. The number of hydrogen-bond donors (Lipinski definition) is 2. The summed E-state index contributed by atoms with van der Waals surface area (Å²) >= 11 is 0. The number of oxazole rings is 1. The van der Waals surface area contributed by atoms with Crippen molar-refractivity contribution in [3.63, 3.8) is 0 Å². The fourth-order valence-electron chi connectivity index (χ4n) is 2.67. The topological polar surface area (TPSA) is 101 Å². The average Bonchev–Trinajstić information content (AvgIpc) is 2.99. The average molecular weight is 387 g/mol. The summed E-state index contributed by atoms with van der Waals surface area (Å²) in [5, 5.41) is 2.75. The number of aromatic nitrogens is 1. The normalized spacial score (nSPS) is 13.0. The van der Waals surface area contributed by atoms with E-state index in [4.69, 9.17) is 4.42 Å². The van der Waals surface area contributed by atoms with E-state index in [1.165, 1.54) is 12.1 Å². The number of anilines is 1. The van der Waals surface area contributed by atoms with Crippen LogP contribution in [0.1, 0.15) is 19.7 Å². The van der Waals surface area contributed by atoms with E-state index in [0.717, 1.165) is 0 Å². The Morgan fingerprint density at radius 2 is 1.81 bits per heavy atom. The van der Waals surface area contributed by atoms with Crippen LogP contribution in [0.15, 0.2) is 57.8 Å². The molecule has 8 heteroatoms. The van der Waals surface area contributed by atoms with Gasteiger partial charge in [-0.1, -0.05) is 32.0 Å². The Morgan fingerprint density at radius 1 is 1.11 bits per heavy atom. The predicted octanol–water partition coefficient (Wildman–Crippen LogP) is 3.08. The molecule has 1 aromatic heterocycles. The lowest BCUT2D eigenvalue weighted by molar-refractivity contribution is -0.118. The summed E-state index contributed by atoms with van der Waals surface area (Å²) in [6.07, 6.45) is 0. The first-order chi connectivity index (χ1) is 12.8. The largest absolute Gasteiger partial charge is 0.441 e. The molecule has 0 saturated carbocycles. The molecule has 7 nitrogen and oxygen atoms in total. The maximum Gasteiger partial charge on any atom is 0.242 e. The number of fused-ring (bicyclic) bond motifs is 1. The lowest BCUT2D eigenvalue weighted by atomic mass is 10.0. The minimum atomic E-state index is -3.81. The lowest BCUT2D eigenvalue weighted by Crippen LogP contribution is -2.47. The Balaban J connectivity index is 1.80. The second-order valence-corrected chi connectivity index (χ2v) is 8.27. The predicted molar refractivity (Wildman–Crippen MR) is 103 cm³/mol. The molecular weight excluding hydrogens is 366 g/mol. The minimum absolute atomic E-state index is 0.114. The summed E-state index contributed by atoms with van der Waals surface area (Å²) in [5.41, 5.74) is 1.76. The van der Waals surface area contributed by atoms with Crippen molar-refractivity contribution in [2.45, 2.75) is 31.7 Å². The molecule has 3 aromatic rings. The molecule has 0 bridgehead atoms. The van der Waals surface area contributed by atoms with Crippen LogP contribution in [-0.4, -0.2) is 25.4 Å². The van der Waals surface area contributed by atoms with Gasteiger partial charge in [0.25, 0.3) is 0 Å². The fourth-order valence-corrected chi connectivity index (χ4v) is 4.03. The van der Waals surface area contributed by atoms with Crippen molar-refractivity contribution in [3.05, 3.63) is 54.4 Å². The number of aryl methyl sites for hydroxylation is 1.